The number of nitrogens with zero attached hydrogens (tertiary/aromatic N) is 2. The summed E-state index contributed by atoms with van der Waals surface area (Å²) in [6.45, 7) is 7.15. The summed E-state index contributed by atoms with van der Waals surface area (Å²) < 4.78 is 27.8. The second kappa shape index (κ2) is 11.9. The molecule has 2 aliphatic rings. The van der Waals surface area contributed by atoms with Gasteiger partial charge in [0.2, 0.25) is 5.91 Å². The summed E-state index contributed by atoms with van der Waals surface area (Å²) in [6.07, 6.45) is 6.26. The highest BCUT2D eigenvalue weighted by atomic mass is 19.1. The fourth-order valence-corrected chi connectivity index (χ4v) is 5.39. The number of carbonyl (C=O) groups is 1. The molecule has 1 amide bonds. The molecule has 0 bridgehead atoms. The van der Waals surface area contributed by atoms with Crippen LogP contribution < -0.4 is 10.2 Å². The minimum absolute atomic E-state index is 0.0195. The summed E-state index contributed by atoms with van der Waals surface area (Å²) >= 11 is 0. The molecule has 4 nitrogen and oxygen atoms in total. The highest BCUT2D eigenvalue weighted by Crippen LogP contribution is 2.39. The van der Waals surface area contributed by atoms with Gasteiger partial charge in [0.05, 0.1) is 12.2 Å². The molecule has 2 aliphatic heterocycles. The molecular weight excluding hydrogens is 432 g/mol. The van der Waals surface area contributed by atoms with Gasteiger partial charge in [0.15, 0.2) is 0 Å². The molecule has 1 fully saturated rings. The van der Waals surface area contributed by atoms with Gasteiger partial charge in [-0.2, -0.15) is 0 Å². The van der Waals surface area contributed by atoms with Gasteiger partial charge in [-0.3, -0.25) is 9.69 Å². The van der Waals surface area contributed by atoms with E-state index in [0.29, 0.717) is 18.8 Å². The van der Waals surface area contributed by atoms with Gasteiger partial charge in [0, 0.05) is 12.5 Å². The number of anilines is 1. The van der Waals surface area contributed by atoms with Gasteiger partial charge in [-0.1, -0.05) is 25.1 Å². The molecule has 0 saturated carbocycles. The van der Waals surface area contributed by atoms with Crippen molar-refractivity contribution in [2.24, 2.45) is 5.92 Å². The van der Waals surface area contributed by atoms with Gasteiger partial charge >= 0.3 is 0 Å². The molecule has 1 saturated heterocycles. The molecule has 34 heavy (non-hydrogen) atoms. The molecule has 0 radical (unpaired) electrons. The summed E-state index contributed by atoms with van der Waals surface area (Å²) in [6, 6.07) is 11.3. The van der Waals surface area contributed by atoms with Crippen LogP contribution in [0.4, 0.5) is 14.5 Å². The Labute approximate surface area is 202 Å². The lowest BCUT2D eigenvalue weighted by molar-refractivity contribution is -0.120. The molecule has 4 rings (SSSR count). The Bertz CT molecular complexity index is 941. The van der Waals surface area contributed by atoms with Crippen LogP contribution in [0.1, 0.15) is 62.5 Å². The van der Waals surface area contributed by atoms with Crippen molar-refractivity contribution in [2.75, 3.05) is 44.2 Å². The Balaban J connectivity index is 1.42. The number of fused-ring (bicyclic) bond motifs is 1. The van der Waals surface area contributed by atoms with Gasteiger partial charge < -0.3 is 10.2 Å². The van der Waals surface area contributed by atoms with Crippen molar-refractivity contribution in [2.45, 2.75) is 51.4 Å². The van der Waals surface area contributed by atoms with E-state index in [9.17, 15) is 13.6 Å². The molecule has 6 heteroatoms. The van der Waals surface area contributed by atoms with Crippen LogP contribution in [-0.4, -0.2) is 50.1 Å². The summed E-state index contributed by atoms with van der Waals surface area (Å²) in [5, 5.41) is 3.48. The van der Waals surface area contributed by atoms with E-state index in [1.165, 1.54) is 30.7 Å². The number of benzene rings is 2. The first kappa shape index (κ1) is 24.8. The van der Waals surface area contributed by atoms with Crippen LogP contribution in [0, 0.1) is 17.6 Å². The maximum absolute atomic E-state index is 14.3. The van der Waals surface area contributed by atoms with Crippen molar-refractivity contribution < 1.29 is 13.6 Å². The van der Waals surface area contributed by atoms with E-state index in [-0.39, 0.29) is 23.5 Å². The summed E-state index contributed by atoms with van der Waals surface area (Å²) in [7, 11) is 0. The quantitative estimate of drug-likeness (QED) is 0.531. The molecular formula is C28H37F2N3O. The summed E-state index contributed by atoms with van der Waals surface area (Å²) in [5.41, 5.74) is 2.60. The van der Waals surface area contributed by atoms with E-state index >= 15 is 0 Å². The molecule has 1 atom stereocenters. The number of hydrogen-bond donors (Lipinski definition) is 1. The van der Waals surface area contributed by atoms with Gasteiger partial charge in [0.1, 0.15) is 11.6 Å². The molecule has 0 spiro atoms. The average molecular weight is 470 g/mol. The normalized spacial score (nSPS) is 19.6. The second-order valence-electron chi connectivity index (χ2n) is 9.75. The van der Waals surface area contributed by atoms with Gasteiger partial charge in [-0.15, -0.1) is 0 Å². The van der Waals surface area contributed by atoms with E-state index in [1.54, 1.807) is 23.1 Å². The number of nitrogens with one attached hydrogen (secondary N) is 1. The fourth-order valence-electron chi connectivity index (χ4n) is 5.39. The smallest absolute Gasteiger partial charge is 0.241 e. The Morgan fingerprint density at radius 2 is 1.71 bits per heavy atom. The number of likely N-dealkylation sites (tertiary alicyclic amines) is 1. The van der Waals surface area contributed by atoms with Crippen molar-refractivity contribution in [3.05, 3.63) is 65.2 Å². The van der Waals surface area contributed by atoms with Crippen molar-refractivity contribution in [1.82, 2.24) is 10.2 Å². The maximum atomic E-state index is 14.3. The number of rotatable bonds is 8. The van der Waals surface area contributed by atoms with Gasteiger partial charge in [-0.05, 0) is 106 Å². The molecule has 2 aromatic rings. The SMILES string of the molecule is CCCNCCC1CCN(CC(=O)N2CCCC(c3ccc(F)cc3)c3ccc(F)cc32)CC1. The highest BCUT2D eigenvalue weighted by Gasteiger charge is 2.29. The van der Waals surface area contributed by atoms with Crippen LogP contribution in [0.3, 0.4) is 0 Å². The van der Waals surface area contributed by atoms with Crippen LogP contribution in [0.25, 0.3) is 0 Å². The number of piperidine rings is 1. The van der Waals surface area contributed by atoms with Crippen molar-refractivity contribution in [3.63, 3.8) is 0 Å². The number of hydrogen-bond acceptors (Lipinski definition) is 3. The van der Waals surface area contributed by atoms with Crippen LogP contribution in [-0.2, 0) is 4.79 Å². The summed E-state index contributed by atoms with van der Waals surface area (Å²) in [5.74, 6) is 0.171. The highest BCUT2D eigenvalue weighted by molar-refractivity contribution is 5.96. The Morgan fingerprint density at radius 3 is 2.44 bits per heavy atom. The molecule has 1 N–H and O–H groups in total. The third kappa shape index (κ3) is 6.22. The minimum atomic E-state index is -0.339. The number of amides is 1. The molecule has 0 aromatic heterocycles. The van der Waals surface area contributed by atoms with Crippen molar-refractivity contribution in [3.8, 4) is 0 Å². The number of halogens is 2. The second-order valence-corrected chi connectivity index (χ2v) is 9.75. The Morgan fingerprint density at radius 1 is 0.971 bits per heavy atom. The van der Waals surface area contributed by atoms with Crippen molar-refractivity contribution >= 4 is 11.6 Å². The van der Waals surface area contributed by atoms with Crippen molar-refractivity contribution in [1.29, 1.82) is 0 Å². The first-order valence-corrected chi connectivity index (χ1v) is 12.8. The molecule has 2 aromatic carbocycles. The van der Waals surface area contributed by atoms with E-state index in [1.807, 2.05) is 0 Å². The fraction of sp³-hybridized carbons (Fsp3) is 0.536. The van der Waals surface area contributed by atoms with Crippen LogP contribution in [0.5, 0.6) is 0 Å². The summed E-state index contributed by atoms with van der Waals surface area (Å²) in [4.78, 5) is 17.4. The zero-order chi connectivity index (χ0) is 23.9. The molecule has 2 heterocycles. The Kier molecular flexibility index (Phi) is 8.68. The molecule has 184 valence electrons. The molecule has 0 aliphatic carbocycles. The van der Waals surface area contributed by atoms with E-state index in [4.69, 9.17) is 0 Å². The number of carbonyl (C=O) groups excluding carboxylic acids is 1. The lowest BCUT2D eigenvalue weighted by Gasteiger charge is -2.33. The first-order chi connectivity index (χ1) is 16.5. The monoisotopic (exact) mass is 469 g/mol. The zero-order valence-corrected chi connectivity index (χ0v) is 20.2. The first-order valence-electron chi connectivity index (χ1n) is 12.8. The van der Waals surface area contributed by atoms with Crippen LogP contribution in [0.15, 0.2) is 42.5 Å². The maximum Gasteiger partial charge on any atom is 0.241 e. The lowest BCUT2D eigenvalue weighted by atomic mass is 9.87. The average Bonchev–Trinajstić information content (AvgIpc) is 3.03. The van der Waals surface area contributed by atoms with E-state index in [2.05, 4.69) is 17.1 Å². The van der Waals surface area contributed by atoms with E-state index in [0.717, 1.165) is 75.3 Å². The minimum Gasteiger partial charge on any atom is -0.317 e. The third-order valence-electron chi connectivity index (χ3n) is 7.33. The van der Waals surface area contributed by atoms with Crippen LogP contribution in [0.2, 0.25) is 0 Å². The predicted molar refractivity (Wildman–Crippen MR) is 133 cm³/mol. The topological polar surface area (TPSA) is 35.6 Å². The van der Waals surface area contributed by atoms with Crippen LogP contribution >= 0.6 is 0 Å². The van der Waals surface area contributed by atoms with E-state index < -0.39 is 0 Å². The standard InChI is InChI=1S/C28H37F2N3O/c1-2-14-31-15-11-21-12-17-32(18-13-21)20-28(34)33-16-3-4-25(22-5-7-23(29)8-6-22)26-10-9-24(30)19-27(26)33/h5-10,19,21,25,31H,2-4,11-18,20H2,1H3. The van der Waals surface area contributed by atoms with Gasteiger partial charge in [0.25, 0.3) is 0 Å². The Hall–Kier alpha value is -2.31. The lowest BCUT2D eigenvalue weighted by Crippen LogP contribution is -2.44. The van der Waals surface area contributed by atoms with Gasteiger partial charge in [-0.25, -0.2) is 8.78 Å². The predicted octanol–water partition coefficient (Wildman–Crippen LogP) is 5.33. The largest absolute Gasteiger partial charge is 0.317 e. The molecule has 1 unspecified atom stereocenters. The zero-order valence-electron chi connectivity index (χ0n) is 20.2. The third-order valence-corrected chi connectivity index (χ3v) is 7.33.